The number of aryl methyl sites for hydroxylation is 1. The van der Waals surface area contributed by atoms with E-state index in [1.807, 2.05) is 12.2 Å². The van der Waals surface area contributed by atoms with Crippen molar-refractivity contribution in [1.29, 1.82) is 0 Å². The molecule has 0 nitrogen and oxygen atoms in total. The molecule has 1 atom stereocenters. The lowest BCUT2D eigenvalue weighted by atomic mass is 9.86. The van der Waals surface area contributed by atoms with E-state index in [1.165, 1.54) is 19.3 Å². The molecule has 126 valence electrons. The van der Waals surface area contributed by atoms with E-state index in [4.69, 9.17) is 0 Å². The Morgan fingerprint density at radius 1 is 1.13 bits per heavy atom. The minimum Gasteiger partial charge on any atom is -0.203 e. The lowest BCUT2D eigenvalue weighted by Crippen LogP contribution is -2.05. The van der Waals surface area contributed by atoms with Gasteiger partial charge < -0.3 is 0 Å². The first-order valence-corrected chi connectivity index (χ1v) is 8.96. The second-order valence-electron chi connectivity index (χ2n) is 6.56. The van der Waals surface area contributed by atoms with Gasteiger partial charge in [0.05, 0.1) is 0 Å². The molecule has 2 rings (SSSR count). The maximum absolute atomic E-state index is 14.4. The molecule has 0 aliphatic heterocycles. The van der Waals surface area contributed by atoms with E-state index in [0.717, 1.165) is 37.7 Å². The maximum atomic E-state index is 14.4. The first-order valence-electron chi connectivity index (χ1n) is 8.96. The third-order valence-corrected chi connectivity index (χ3v) is 4.84. The zero-order valence-electron chi connectivity index (χ0n) is 14.2. The third kappa shape index (κ3) is 4.76. The molecule has 0 N–H and O–H groups in total. The molecular weight excluding hydrogens is 290 g/mol. The number of halogens is 2. The normalized spacial score (nSPS) is 17.9. The molecule has 2 heteroatoms. The molecule has 0 spiro atoms. The molecule has 0 fully saturated rings. The molecule has 1 aliphatic carbocycles. The van der Waals surface area contributed by atoms with Crippen LogP contribution in [0, 0.1) is 17.6 Å². The molecule has 1 aliphatic rings. The second-order valence-corrected chi connectivity index (χ2v) is 6.56. The highest BCUT2D eigenvalue weighted by Crippen LogP contribution is 2.33. The van der Waals surface area contributed by atoms with Crippen molar-refractivity contribution in [1.82, 2.24) is 0 Å². The van der Waals surface area contributed by atoms with Crippen molar-refractivity contribution in [2.75, 3.05) is 0 Å². The summed E-state index contributed by atoms with van der Waals surface area (Å²) < 4.78 is 28.7. The molecule has 0 saturated carbocycles. The molecule has 1 unspecified atom stereocenters. The standard InChI is InChI=1S/C21H28F2/c1-3-5-6-7-8-9-18-14-15-19(21(23)20(18)22)17-12-10-16(4-2)11-13-17/h4,12,14-16H,2-3,5-11,13H2,1H3. The highest BCUT2D eigenvalue weighted by molar-refractivity contribution is 5.67. The Morgan fingerprint density at radius 3 is 2.57 bits per heavy atom. The smallest absolute Gasteiger partial charge is 0.166 e. The molecule has 0 radical (unpaired) electrons. The Labute approximate surface area is 139 Å². The third-order valence-electron chi connectivity index (χ3n) is 4.84. The molecular formula is C21H28F2. The molecule has 0 bridgehead atoms. The van der Waals surface area contributed by atoms with Crippen LogP contribution in [0.3, 0.4) is 0 Å². The van der Waals surface area contributed by atoms with Gasteiger partial charge in [-0.15, -0.1) is 6.58 Å². The van der Waals surface area contributed by atoms with Gasteiger partial charge >= 0.3 is 0 Å². The van der Waals surface area contributed by atoms with Crippen LogP contribution >= 0.6 is 0 Å². The fraction of sp³-hybridized carbons (Fsp3) is 0.524. The minimum atomic E-state index is -0.667. The zero-order valence-corrected chi connectivity index (χ0v) is 14.2. The van der Waals surface area contributed by atoms with Crippen LogP contribution < -0.4 is 0 Å². The lowest BCUT2D eigenvalue weighted by Gasteiger charge is -2.20. The van der Waals surface area contributed by atoms with Gasteiger partial charge in [-0.3, -0.25) is 0 Å². The quantitative estimate of drug-likeness (QED) is 0.363. The monoisotopic (exact) mass is 318 g/mol. The SMILES string of the molecule is C=CC1CC=C(c2ccc(CCCCCCC)c(F)c2F)CC1. The fourth-order valence-corrected chi connectivity index (χ4v) is 3.26. The van der Waals surface area contributed by atoms with Gasteiger partial charge in [-0.05, 0) is 49.2 Å². The van der Waals surface area contributed by atoms with Crippen molar-refractivity contribution in [3.05, 3.63) is 53.6 Å². The van der Waals surface area contributed by atoms with E-state index in [-0.39, 0.29) is 0 Å². The Hall–Kier alpha value is -1.44. The summed E-state index contributed by atoms with van der Waals surface area (Å²) >= 11 is 0. The molecule has 0 heterocycles. The lowest BCUT2D eigenvalue weighted by molar-refractivity contribution is 0.491. The van der Waals surface area contributed by atoms with Crippen molar-refractivity contribution >= 4 is 5.57 Å². The molecule has 23 heavy (non-hydrogen) atoms. The van der Waals surface area contributed by atoms with E-state index in [0.29, 0.717) is 23.5 Å². The summed E-state index contributed by atoms with van der Waals surface area (Å²) in [4.78, 5) is 0. The van der Waals surface area contributed by atoms with Crippen LogP contribution in [0.4, 0.5) is 8.78 Å². The minimum absolute atomic E-state index is 0.444. The van der Waals surface area contributed by atoms with Gasteiger partial charge in [0.2, 0.25) is 0 Å². The number of rotatable bonds is 8. The van der Waals surface area contributed by atoms with Gasteiger partial charge in [-0.1, -0.05) is 56.9 Å². The Balaban J connectivity index is 2.03. The highest BCUT2D eigenvalue weighted by Gasteiger charge is 2.19. The highest BCUT2D eigenvalue weighted by atomic mass is 19.2. The van der Waals surface area contributed by atoms with Crippen LogP contribution in [0.2, 0.25) is 0 Å². The van der Waals surface area contributed by atoms with E-state index >= 15 is 0 Å². The number of hydrogen-bond acceptors (Lipinski definition) is 0. The summed E-state index contributed by atoms with van der Waals surface area (Å²) in [5.41, 5.74) is 1.90. The van der Waals surface area contributed by atoms with Crippen LogP contribution in [-0.4, -0.2) is 0 Å². The Kier molecular flexibility index (Phi) is 7.01. The van der Waals surface area contributed by atoms with Gasteiger partial charge in [-0.25, -0.2) is 8.78 Å². The first kappa shape index (κ1) is 17.9. The summed E-state index contributed by atoms with van der Waals surface area (Å²) in [7, 11) is 0. The largest absolute Gasteiger partial charge is 0.203 e. The van der Waals surface area contributed by atoms with Gasteiger partial charge in [0.25, 0.3) is 0 Å². The van der Waals surface area contributed by atoms with Crippen LogP contribution in [0.5, 0.6) is 0 Å². The van der Waals surface area contributed by atoms with Gasteiger partial charge in [0.1, 0.15) is 0 Å². The van der Waals surface area contributed by atoms with Crippen LogP contribution in [-0.2, 0) is 6.42 Å². The summed E-state index contributed by atoms with van der Waals surface area (Å²) in [5, 5.41) is 0. The van der Waals surface area contributed by atoms with Gasteiger partial charge in [0.15, 0.2) is 11.6 Å². The topological polar surface area (TPSA) is 0 Å². The second kappa shape index (κ2) is 9.00. The fourth-order valence-electron chi connectivity index (χ4n) is 3.26. The van der Waals surface area contributed by atoms with Crippen molar-refractivity contribution in [2.45, 2.75) is 64.7 Å². The van der Waals surface area contributed by atoms with E-state index in [2.05, 4.69) is 13.5 Å². The molecule has 0 aromatic heterocycles. The molecule has 0 amide bonds. The number of allylic oxidation sites excluding steroid dienone is 3. The molecule has 1 aromatic carbocycles. The zero-order chi connectivity index (χ0) is 16.7. The summed E-state index contributed by atoms with van der Waals surface area (Å²) in [6.45, 7) is 5.98. The number of benzene rings is 1. The van der Waals surface area contributed by atoms with Crippen molar-refractivity contribution < 1.29 is 8.78 Å². The van der Waals surface area contributed by atoms with E-state index in [9.17, 15) is 8.78 Å². The van der Waals surface area contributed by atoms with Crippen LogP contribution in [0.1, 0.15) is 69.4 Å². The van der Waals surface area contributed by atoms with Crippen LogP contribution in [0.15, 0.2) is 30.9 Å². The van der Waals surface area contributed by atoms with Crippen molar-refractivity contribution in [2.24, 2.45) is 5.92 Å². The maximum Gasteiger partial charge on any atom is 0.166 e. The summed E-state index contributed by atoms with van der Waals surface area (Å²) in [6, 6.07) is 3.54. The Bertz CT molecular complexity index is 557. The first-order chi connectivity index (χ1) is 11.2. The summed E-state index contributed by atoms with van der Waals surface area (Å²) in [6.07, 6.45) is 12.9. The van der Waals surface area contributed by atoms with Crippen molar-refractivity contribution in [3.63, 3.8) is 0 Å². The van der Waals surface area contributed by atoms with Crippen LogP contribution in [0.25, 0.3) is 5.57 Å². The molecule has 1 aromatic rings. The summed E-state index contributed by atoms with van der Waals surface area (Å²) in [5.74, 6) is -0.849. The predicted octanol–water partition coefficient (Wildman–Crippen LogP) is 6.85. The number of hydrogen-bond donors (Lipinski definition) is 0. The van der Waals surface area contributed by atoms with Crippen molar-refractivity contribution in [3.8, 4) is 0 Å². The van der Waals surface area contributed by atoms with E-state index < -0.39 is 11.6 Å². The Morgan fingerprint density at radius 2 is 1.91 bits per heavy atom. The van der Waals surface area contributed by atoms with E-state index in [1.54, 1.807) is 12.1 Å². The molecule has 0 saturated heterocycles. The average molecular weight is 318 g/mol. The predicted molar refractivity (Wildman–Crippen MR) is 94.3 cm³/mol. The number of unbranched alkanes of at least 4 members (excludes halogenated alkanes) is 4. The van der Waals surface area contributed by atoms with Gasteiger partial charge in [0, 0.05) is 5.56 Å². The average Bonchev–Trinajstić information content (AvgIpc) is 2.58. The van der Waals surface area contributed by atoms with Gasteiger partial charge in [-0.2, -0.15) is 0 Å².